The van der Waals surface area contributed by atoms with E-state index in [4.69, 9.17) is 5.11 Å². The van der Waals surface area contributed by atoms with Crippen LogP contribution in [0.2, 0.25) is 0 Å². The highest BCUT2D eigenvalue weighted by Crippen LogP contribution is 2.15. The van der Waals surface area contributed by atoms with Crippen molar-refractivity contribution in [3.05, 3.63) is 12.2 Å². The smallest absolute Gasteiger partial charge is 0.327 e. The van der Waals surface area contributed by atoms with Gasteiger partial charge in [-0.15, -0.1) is 0 Å². The van der Waals surface area contributed by atoms with Crippen LogP contribution < -0.4 is 0 Å². The molecule has 0 rings (SSSR count). The molecule has 0 spiro atoms. The number of carbonyl (C=O) groups is 1. The molecule has 0 radical (unpaired) electrons. The molecule has 0 aromatic heterocycles. The summed E-state index contributed by atoms with van der Waals surface area (Å²) in [6.07, 6.45) is 20.1. The molecule has 0 bridgehead atoms. The van der Waals surface area contributed by atoms with Gasteiger partial charge in [-0.05, 0) is 18.8 Å². The number of carboxylic acids is 1. The fourth-order valence-corrected chi connectivity index (χ4v) is 2.56. The lowest BCUT2D eigenvalue weighted by Gasteiger charge is -2.07. The standard InChI is InChI=1S/C19H36O2/c1-3-18(2)16-14-12-10-8-6-4-5-7-9-11-13-15-17-19(20)21/h15,17-18H,3-14,16H2,1-2H3,(H,20,21)/b17-15+. The Morgan fingerprint density at radius 3 is 1.86 bits per heavy atom. The van der Waals surface area contributed by atoms with Gasteiger partial charge in [0.15, 0.2) is 0 Å². The zero-order chi connectivity index (χ0) is 15.8. The SMILES string of the molecule is CCC(C)CCCCCCCCCCCC/C=C/C(=O)O. The highest BCUT2D eigenvalue weighted by Gasteiger charge is 1.98. The maximum Gasteiger partial charge on any atom is 0.327 e. The van der Waals surface area contributed by atoms with Crippen LogP contribution in [0.3, 0.4) is 0 Å². The number of hydrogen-bond acceptors (Lipinski definition) is 1. The lowest BCUT2D eigenvalue weighted by molar-refractivity contribution is -0.131. The maximum absolute atomic E-state index is 10.3. The van der Waals surface area contributed by atoms with Gasteiger partial charge in [-0.2, -0.15) is 0 Å². The van der Waals surface area contributed by atoms with Crippen LogP contribution in [-0.2, 0) is 4.79 Å². The van der Waals surface area contributed by atoms with E-state index in [0.29, 0.717) is 0 Å². The zero-order valence-corrected chi connectivity index (χ0v) is 14.3. The van der Waals surface area contributed by atoms with E-state index in [-0.39, 0.29) is 0 Å². The third kappa shape index (κ3) is 17.2. The molecule has 0 amide bonds. The van der Waals surface area contributed by atoms with Gasteiger partial charge in [0.25, 0.3) is 0 Å². The van der Waals surface area contributed by atoms with Crippen LogP contribution in [0.25, 0.3) is 0 Å². The first-order chi connectivity index (χ1) is 10.2. The lowest BCUT2D eigenvalue weighted by atomic mass is 9.99. The highest BCUT2D eigenvalue weighted by atomic mass is 16.4. The van der Waals surface area contributed by atoms with E-state index >= 15 is 0 Å². The number of carboxylic acid groups (broad SMARTS) is 1. The first-order valence-electron chi connectivity index (χ1n) is 9.06. The van der Waals surface area contributed by atoms with Crippen LogP contribution in [0.1, 0.15) is 97.3 Å². The summed E-state index contributed by atoms with van der Waals surface area (Å²) in [4.78, 5) is 10.3. The summed E-state index contributed by atoms with van der Waals surface area (Å²) in [7, 11) is 0. The minimum atomic E-state index is -0.834. The molecule has 0 saturated heterocycles. The molecule has 1 N–H and O–H groups in total. The highest BCUT2D eigenvalue weighted by molar-refractivity contribution is 5.79. The topological polar surface area (TPSA) is 37.3 Å². The Bertz CT molecular complexity index is 258. The maximum atomic E-state index is 10.3. The summed E-state index contributed by atoms with van der Waals surface area (Å²) in [5.41, 5.74) is 0. The molecule has 124 valence electrons. The lowest BCUT2D eigenvalue weighted by Crippen LogP contribution is -1.91. The van der Waals surface area contributed by atoms with Crippen LogP contribution in [0.15, 0.2) is 12.2 Å². The first-order valence-corrected chi connectivity index (χ1v) is 9.06. The molecule has 0 saturated carbocycles. The molecule has 0 aromatic carbocycles. The summed E-state index contributed by atoms with van der Waals surface area (Å²) >= 11 is 0. The van der Waals surface area contributed by atoms with Gasteiger partial charge in [0.2, 0.25) is 0 Å². The number of allylic oxidation sites excluding steroid dienone is 1. The van der Waals surface area contributed by atoms with E-state index in [0.717, 1.165) is 18.8 Å². The van der Waals surface area contributed by atoms with Gasteiger partial charge in [-0.1, -0.05) is 90.6 Å². The summed E-state index contributed by atoms with van der Waals surface area (Å²) in [6, 6.07) is 0. The number of hydrogen-bond donors (Lipinski definition) is 1. The van der Waals surface area contributed by atoms with Crippen LogP contribution in [-0.4, -0.2) is 11.1 Å². The molecule has 2 heteroatoms. The number of unbranched alkanes of at least 4 members (excludes halogenated alkanes) is 10. The van der Waals surface area contributed by atoms with E-state index in [1.54, 1.807) is 6.08 Å². The predicted molar refractivity (Wildman–Crippen MR) is 91.6 cm³/mol. The van der Waals surface area contributed by atoms with E-state index in [1.807, 2.05) is 0 Å². The second-order valence-corrected chi connectivity index (χ2v) is 6.37. The minimum Gasteiger partial charge on any atom is -0.478 e. The van der Waals surface area contributed by atoms with E-state index in [1.165, 1.54) is 76.7 Å². The Kier molecular flexibility index (Phi) is 15.0. The normalized spacial score (nSPS) is 12.9. The largest absolute Gasteiger partial charge is 0.478 e. The molecule has 1 atom stereocenters. The Hall–Kier alpha value is -0.790. The second-order valence-electron chi connectivity index (χ2n) is 6.37. The molecule has 0 aliphatic rings. The van der Waals surface area contributed by atoms with Gasteiger partial charge >= 0.3 is 5.97 Å². The van der Waals surface area contributed by atoms with E-state index < -0.39 is 5.97 Å². The summed E-state index contributed by atoms with van der Waals surface area (Å²) < 4.78 is 0. The molecule has 1 unspecified atom stereocenters. The number of aliphatic carboxylic acids is 1. The molecule has 0 aliphatic carbocycles. The van der Waals surface area contributed by atoms with Crippen LogP contribution in [0.4, 0.5) is 0 Å². The summed E-state index contributed by atoms with van der Waals surface area (Å²) in [5, 5.41) is 8.44. The van der Waals surface area contributed by atoms with Gasteiger partial charge in [-0.25, -0.2) is 4.79 Å². The van der Waals surface area contributed by atoms with Crippen LogP contribution in [0.5, 0.6) is 0 Å². The van der Waals surface area contributed by atoms with Crippen molar-refractivity contribution < 1.29 is 9.90 Å². The van der Waals surface area contributed by atoms with Gasteiger partial charge in [0, 0.05) is 6.08 Å². The van der Waals surface area contributed by atoms with E-state index in [9.17, 15) is 4.79 Å². The van der Waals surface area contributed by atoms with Crippen molar-refractivity contribution in [1.29, 1.82) is 0 Å². The fraction of sp³-hybridized carbons (Fsp3) is 0.842. The molecule has 21 heavy (non-hydrogen) atoms. The van der Waals surface area contributed by atoms with Gasteiger partial charge in [-0.3, -0.25) is 0 Å². The number of rotatable bonds is 15. The molecule has 0 aromatic rings. The van der Waals surface area contributed by atoms with Crippen molar-refractivity contribution >= 4 is 5.97 Å². The first kappa shape index (κ1) is 20.2. The van der Waals surface area contributed by atoms with Crippen molar-refractivity contribution in [2.75, 3.05) is 0 Å². The zero-order valence-electron chi connectivity index (χ0n) is 14.3. The molecule has 2 nitrogen and oxygen atoms in total. The van der Waals surface area contributed by atoms with Crippen molar-refractivity contribution in [2.24, 2.45) is 5.92 Å². The third-order valence-corrected chi connectivity index (χ3v) is 4.28. The molecule has 0 fully saturated rings. The van der Waals surface area contributed by atoms with Crippen molar-refractivity contribution in [3.63, 3.8) is 0 Å². The predicted octanol–water partition coefficient (Wildman–Crippen LogP) is 6.35. The Morgan fingerprint density at radius 1 is 0.905 bits per heavy atom. The van der Waals surface area contributed by atoms with Crippen molar-refractivity contribution in [1.82, 2.24) is 0 Å². The van der Waals surface area contributed by atoms with Gasteiger partial charge in [0.05, 0.1) is 0 Å². The Labute approximate surface area is 132 Å². The summed E-state index contributed by atoms with van der Waals surface area (Å²) in [6.45, 7) is 4.64. The van der Waals surface area contributed by atoms with Gasteiger partial charge < -0.3 is 5.11 Å². The van der Waals surface area contributed by atoms with E-state index in [2.05, 4.69) is 13.8 Å². The molecule has 0 aliphatic heterocycles. The average Bonchev–Trinajstić information content (AvgIpc) is 2.46. The Balaban J connectivity index is 3.07. The fourth-order valence-electron chi connectivity index (χ4n) is 2.56. The quantitative estimate of drug-likeness (QED) is 0.282. The van der Waals surface area contributed by atoms with Crippen LogP contribution >= 0.6 is 0 Å². The molecular formula is C19H36O2. The third-order valence-electron chi connectivity index (χ3n) is 4.28. The van der Waals surface area contributed by atoms with Crippen LogP contribution in [0, 0.1) is 5.92 Å². The Morgan fingerprint density at radius 2 is 1.38 bits per heavy atom. The second kappa shape index (κ2) is 15.6. The van der Waals surface area contributed by atoms with Crippen molar-refractivity contribution in [3.8, 4) is 0 Å². The molecule has 0 heterocycles. The van der Waals surface area contributed by atoms with Crippen molar-refractivity contribution in [2.45, 2.75) is 97.3 Å². The minimum absolute atomic E-state index is 0.834. The van der Waals surface area contributed by atoms with Gasteiger partial charge in [0.1, 0.15) is 0 Å². The monoisotopic (exact) mass is 296 g/mol. The summed E-state index contributed by atoms with van der Waals surface area (Å²) in [5.74, 6) is 0.0782. The molecular weight excluding hydrogens is 260 g/mol. The average molecular weight is 296 g/mol.